The van der Waals surface area contributed by atoms with Gasteiger partial charge in [-0.05, 0) is 55.4 Å². The van der Waals surface area contributed by atoms with Crippen molar-refractivity contribution in [1.82, 2.24) is 10.3 Å². The lowest BCUT2D eigenvalue weighted by Crippen LogP contribution is -2.45. The van der Waals surface area contributed by atoms with Crippen LogP contribution in [-0.2, 0) is 0 Å². The van der Waals surface area contributed by atoms with Crippen LogP contribution >= 0.6 is 11.6 Å². The topological polar surface area (TPSA) is 71.5 Å². The quantitative estimate of drug-likeness (QED) is 0.761. The minimum Gasteiger partial charge on any atom is -0.477 e. The van der Waals surface area contributed by atoms with Crippen LogP contribution in [0, 0.1) is 5.92 Å². The smallest absolute Gasteiger partial charge is 0.253 e. The lowest BCUT2D eigenvalue weighted by Gasteiger charge is -2.28. The van der Waals surface area contributed by atoms with Crippen molar-refractivity contribution in [2.24, 2.45) is 5.92 Å². The molecule has 6 heteroatoms. The molecule has 1 heterocycles. The Morgan fingerprint density at radius 2 is 1.93 bits per heavy atom. The highest BCUT2D eigenvalue weighted by atomic mass is 35.5. The van der Waals surface area contributed by atoms with Crippen molar-refractivity contribution in [2.75, 3.05) is 6.61 Å². The number of carbonyl (C=O) groups excluding carboxylic acids is 1. The van der Waals surface area contributed by atoms with E-state index in [1.54, 1.807) is 6.20 Å². The monoisotopic (exact) mass is 400 g/mol. The number of aliphatic hydroxyl groups excluding tert-OH is 1. The van der Waals surface area contributed by atoms with Crippen LogP contribution in [0.5, 0.6) is 5.88 Å². The highest BCUT2D eigenvalue weighted by Crippen LogP contribution is 2.33. The molecule has 0 spiro atoms. The Bertz CT molecular complexity index is 836. The number of ether oxygens (including phenoxy) is 1. The van der Waals surface area contributed by atoms with E-state index in [0.717, 1.165) is 36.8 Å². The van der Waals surface area contributed by atoms with Crippen LogP contribution in [0.4, 0.5) is 0 Å². The summed E-state index contributed by atoms with van der Waals surface area (Å²) in [5, 5.41) is 13.7. The fourth-order valence-corrected chi connectivity index (χ4v) is 3.67. The third-order valence-corrected chi connectivity index (χ3v) is 5.72. The molecule has 28 heavy (non-hydrogen) atoms. The number of carbonyl (C=O) groups is 1. The molecule has 0 aliphatic heterocycles. The standard InChI is InChI=1S/C22H25ClN2O3/c23-17-9-7-15(8-10-17)18-11-16(12-24-22(18)28-13-14-5-6-14)21(27)25-19-3-1-2-4-20(19)26/h7-12,14,19-20,26H,1-6,13H2,(H,25,27)/t19-,20-/m0/s1. The molecule has 1 aromatic heterocycles. The molecule has 2 N–H and O–H groups in total. The Kier molecular flexibility index (Phi) is 5.83. The minimum atomic E-state index is -0.484. The maximum atomic E-state index is 12.8. The minimum absolute atomic E-state index is 0.203. The summed E-state index contributed by atoms with van der Waals surface area (Å²) in [4.78, 5) is 17.2. The van der Waals surface area contributed by atoms with Crippen molar-refractivity contribution in [2.45, 2.75) is 50.7 Å². The van der Waals surface area contributed by atoms with Gasteiger partial charge in [-0.2, -0.15) is 0 Å². The molecule has 4 rings (SSSR count). The predicted octanol–water partition coefficient (Wildman–Crippen LogP) is 4.22. The zero-order valence-corrected chi connectivity index (χ0v) is 16.5. The van der Waals surface area contributed by atoms with Crippen molar-refractivity contribution in [3.8, 4) is 17.0 Å². The molecule has 0 saturated heterocycles. The van der Waals surface area contributed by atoms with Crippen LogP contribution in [0.1, 0.15) is 48.9 Å². The molecular formula is C22H25ClN2O3. The van der Waals surface area contributed by atoms with Crippen molar-refractivity contribution in [3.63, 3.8) is 0 Å². The summed E-state index contributed by atoms with van der Waals surface area (Å²) in [7, 11) is 0. The highest BCUT2D eigenvalue weighted by Gasteiger charge is 2.26. The van der Waals surface area contributed by atoms with Gasteiger partial charge in [0, 0.05) is 16.8 Å². The number of nitrogens with zero attached hydrogens (tertiary/aromatic N) is 1. The second-order valence-electron chi connectivity index (χ2n) is 7.77. The molecule has 1 amide bonds. The molecule has 2 aromatic rings. The van der Waals surface area contributed by atoms with Gasteiger partial charge in [0.25, 0.3) is 5.91 Å². The van der Waals surface area contributed by atoms with Crippen LogP contribution in [0.3, 0.4) is 0 Å². The molecule has 2 saturated carbocycles. The van der Waals surface area contributed by atoms with Crippen LogP contribution in [0.25, 0.3) is 11.1 Å². The van der Waals surface area contributed by atoms with E-state index in [9.17, 15) is 9.90 Å². The number of halogens is 1. The molecule has 0 radical (unpaired) electrons. The Morgan fingerprint density at radius 3 is 2.64 bits per heavy atom. The molecule has 2 aliphatic carbocycles. The zero-order valence-electron chi connectivity index (χ0n) is 15.7. The van der Waals surface area contributed by atoms with E-state index in [-0.39, 0.29) is 11.9 Å². The first-order valence-corrected chi connectivity index (χ1v) is 10.4. The lowest BCUT2D eigenvalue weighted by molar-refractivity contribution is 0.0717. The normalized spacial score (nSPS) is 21.9. The first-order chi connectivity index (χ1) is 13.6. The fourth-order valence-electron chi connectivity index (χ4n) is 3.54. The molecule has 2 fully saturated rings. The molecule has 2 aliphatic rings. The molecule has 0 bridgehead atoms. The van der Waals surface area contributed by atoms with Gasteiger partial charge in [-0.15, -0.1) is 0 Å². The van der Waals surface area contributed by atoms with Crippen LogP contribution in [0.15, 0.2) is 36.5 Å². The first kappa shape index (κ1) is 19.2. The number of aromatic nitrogens is 1. The molecule has 5 nitrogen and oxygen atoms in total. The number of nitrogens with one attached hydrogen (secondary N) is 1. The van der Waals surface area contributed by atoms with Crippen LogP contribution in [0.2, 0.25) is 5.02 Å². The van der Waals surface area contributed by atoms with E-state index in [4.69, 9.17) is 16.3 Å². The van der Waals surface area contributed by atoms with Gasteiger partial charge in [0.1, 0.15) is 0 Å². The highest BCUT2D eigenvalue weighted by molar-refractivity contribution is 6.30. The van der Waals surface area contributed by atoms with Crippen molar-refractivity contribution < 1.29 is 14.6 Å². The number of benzene rings is 1. The van der Waals surface area contributed by atoms with E-state index in [1.807, 2.05) is 30.3 Å². The Balaban J connectivity index is 1.57. The summed E-state index contributed by atoms with van der Waals surface area (Å²) in [5.41, 5.74) is 2.13. The van der Waals surface area contributed by atoms with Gasteiger partial charge >= 0.3 is 0 Å². The Morgan fingerprint density at radius 1 is 1.18 bits per heavy atom. The first-order valence-electron chi connectivity index (χ1n) is 9.98. The molecular weight excluding hydrogens is 376 g/mol. The second-order valence-corrected chi connectivity index (χ2v) is 8.21. The third-order valence-electron chi connectivity index (χ3n) is 5.47. The zero-order chi connectivity index (χ0) is 19.5. The molecule has 148 valence electrons. The summed E-state index contributed by atoms with van der Waals surface area (Å²) in [6.07, 6.45) is 7.00. The van der Waals surface area contributed by atoms with Gasteiger partial charge in [0.05, 0.1) is 24.3 Å². The average molecular weight is 401 g/mol. The fraction of sp³-hybridized carbons (Fsp3) is 0.455. The summed E-state index contributed by atoms with van der Waals surface area (Å²) in [5.74, 6) is 0.918. The Labute approximate surface area is 170 Å². The lowest BCUT2D eigenvalue weighted by atomic mass is 9.92. The largest absolute Gasteiger partial charge is 0.477 e. The number of rotatable bonds is 6. The van der Waals surface area contributed by atoms with Gasteiger partial charge in [-0.25, -0.2) is 4.98 Å². The number of aliphatic hydroxyl groups is 1. The van der Waals surface area contributed by atoms with Gasteiger partial charge in [-0.1, -0.05) is 36.6 Å². The van der Waals surface area contributed by atoms with Crippen molar-refractivity contribution >= 4 is 17.5 Å². The van der Waals surface area contributed by atoms with Gasteiger partial charge in [0.15, 0.2) is 0 Å². The maximum Gasteiger partial charge on any atom is 0.253 e. The van der Waals surface area contributed by atoms with E-state index in [0.29, 0.717) is 29.0 Å². The molecule has 0 unspecified atom stereocenters. The second kappa shape index (κ2) is 8.50. The van der Waals surface area contributed by atoms with E-state index in [2.05, 4.69) is 10.3 Å². The van der Waals surface area contributed by atoms with Crippen molar-refractivity contribution in [3.05, 3.63) is 47.1 Å². The van der Waals surface area contributed by atoms with E-state index < -0.39 is 6.10 Å². The maximum absolute atomic E-state index is 12.8. The summed E-state index contributed by atoms with van der Waals surface area (Å²) >= 11 is 6.02. The SMILES string of the molecule is O=C(N[C@H]1CCCC[C@@H]1O)c1cnc(OCC2CC2)c(-c2ccc(Cl)cc2)c1. The summed E-state index contributed by atoms with van der Waals surface area (Å²) in [6, 6.07) is 9.03. The molecule has 1 aromatic carbocycles. The number of pyridine rings is 1. The van der Waals surface area contributed by atoms with E-state index >= 15 is 0 Å². The predicted molar refractivity (Wildman–Crippen MR) is 109 cm³/mol. The van der Waals surface area contributed by atoms with Crippen LogP contribution in [-0.4, -0.2) is 34.8 Å². The summed E-state index contributed by atoms with van der Waals surface area (Å²) < 4.78 is 5.93. The number of hydrogen-bond donors (Lipinski definition) is 2. The summed E-state index contributed by atoms with van der Waals surface area (Å²) in [6.45, 7) is 0.646. The van der Waals surface area contributed by atoms with Crippen molar-refractivity contribution in [1.29, 1.82) is 0 Å². The Hall–Kier alpha value is -2.11. The number of amides is 1. The number of hydrogen-bond acceptors (Lipinski definition) is 4. The van der Waals surface area contributed by atoms with Gasteiger partial charge in [-0.3, -0.25) is 4.79 Å². The van der Waals surface area contributed by atoms with Gasteiger partial charge in [0.2, 0.25) is 5.88 Å². The van der Waals surface area contributed by atoms with E-state index in [1.165, 1.54) is 12.8 Å². The third kappa shape index (κ3) is 4.65. The molecule has 2 atom stereocenters. The average Bonchev–Trinajstić information content (AvgIpc) is 3.53. The van der Waals surface area contributed by atoms with Gasteiger partial charge < -0.3 is 15.2 Å². The van der Waals surface area contributed by atoms with Crippen LogP contribution < -0.4 is 10.1 Å².